The number of nitriles is 1. The number of H-pyrrole nitrogens is 1. The number of sulfonamides is 1. The predicted octanol–water partition coefficient (Wildman–Crippen LogP) is 4.96. The molecule has 0 amide bonds. The van der Waals surface area contributed by atoms with Gasteiger partial charge in [0.05, 0.1) is 16.1 Å². The van der Waals surface area contributed by atoms with Crippen molar-refractivity contribution in [2.24, 2.45) is 0 Å². The van der Waals surface area contributed by atoms with Crippen LogP contribution in [0.25, 0.3) is 16.5 Å². The smallest absolute Gasteiger partial charge is 0.243 e. The van der Waals surface area contributed by atoms with Crippen LogP contribution in [0.2, 0.25) is 0 Å². The van der Waals surface area contributed by atoms with E-state index in [0.29, 0.717) is 24.2 Å². The first-order chi connectivity index (χ1) is 16.5. The standard InChI is InChI=1S/C26H23N5O2S/c1-18-22-9-12-29-25(22)8-7-24(18)30-26-20(15-27)16-28-17-23(26)19-10-13-31(14-11-19)34(32,33)21-5-3-2-4-6-21/h2-10,12,16-17,29H,11,13-14H2,1H3,(H,28,30). The van der Waals surface area contributed by atoms with Crippen LogP contribution in [-0.2, 0) is 10.0 Å². The van der Waals surface area contributed by atoms with Gasteiger partial charge < -0.3 is 10.3 Å². The average molecular weight is 470 g/mol. The molecule has 0 saturated heterocycles. The molecule has 7 nitrogen and oxygen atoms in total. The van der Waals surface area contributed by atoms with E-state index >= 15 is 0 Å². The molecule has 0 fully saturated rings. The van der Waals surface area contributed by atoms with Gasteiger partial charge in [-0.2, -0.15) is 9.57 Å². The molecule has 1 aliphatic heterocycles. The van der Waals surface area contributed by atoms with Crippen molar-refractivity contribution in [2.45, 2.75) is 18.2 Å². The number of aryl methyl sites for hydroxylation is 1. The summed E-state index contributed by atoms with van der Waals surface area (Å²) in [6.45, 7) is 2.66. The molecule has 0 radical (unpaired) electrons. The summed E-state index contributed by atoms with van der Waals surface area (Å²) in [6.07, 6.45) is 7.62. The highest BCUT2D eigenvalue weighted by molar-refractivity contribution is 7.89. The molecule has 0 bridgehead atoms. The van der Waals surface area contributed by atoms with Gasteiger partial charge in [0, 0.05) is 53.8 Å². The number of nitrogens with one attached hydrogen (secondary N) is 2. The maximum atomic E-state index is 13.0. The zero-order chi connectivity index (χ0) is 23.7. The molecule has 0 unspecified atom stereocenters. The molecule has 2 aromatic carbocycles. The molecule has 0 aliphatic carbocycles. The number of hydrogen-bond acceptors (Lipinski definition) is 5. The van der Waals surface area contributed by atoms with E-state index in [-0.39, 0.29) is 11.4 Å². The molecule has 5 rings (SSSR count). The van der Waals surface area contributed by atoms with Crippen LogP contribution in [0.15, 0.2) is 78.1 Å². The Morgan fingerprint density at radius 1 is 1.12 bits per heavy atom. The molecule has 170 valence electrons. The Balaban J connectivity index is 1.48. The van der Waals surface area contributed by atoms with E-state index in [1.807, 2.05) is 37.4 Å². The summed E-state index contributed by atoms with van der Waals surface area (Å²) >= 11 is 0. The molecule has 0 saturated carbocycles. The highest BCUT2D eigenvalue weighted by atomic mass is 32.2. The number of aromatic amines is 1. The van der Waals surface area contributed by atoms with Crippen LogP contribution in [0.4, 0.5) is 11.4 Å². The quantitative estimate of drug-likeness (QED) is 0.430. The Bertz CT molecular complexity index is 1550. The molecule has 3 heterocycles. The van der Waals surface area contributed by atoms with E-state index in [1.54, 1.807) is 42.7 Å². The average Bonchev–Trinajstić information content (AvgIpc) is 3.36. The Kier molecular flexibility index (Phi) is 5.65. The molecular formula is C26H23N5O2S. The van der Waals surface area contributed by atoms with Crippen LogP contribution < -0.4 is 5.32 Å². The van der Waals surface area contributed by atoms with Crippen LogP contribution in [0, 0.1) is 18.3 Å². The number of hydrogen-bond donors (Lipinski definition) is 2. The van der Waals surface area contributed by atoms with Crippen molar-refractivity contribution < 1.29 is 8.42 Å². The fraction of sp³-hybridized carbons (Fsp3) is 0.154. The van der Waals surface area contributed by atoms with Gasteiger partial charge in [-0.3, -0.25) is 4.98 Å². The van der Waals surface area contributed by atoms with Crippen molar-refractivity contribution in [2.75, 3.05) is 18.4 Å². The molecule has 2 N–H and O–H groups in total. The van der Waals surface area contributed by atoms with Crippen molar-refractivity contribution in [3.8, 4) is 6.07 Å². The van der Waals surface area contributed by atoms with Gasteiger partial charge in [0.1, 0.15) is 6.07 Å². The maximum Gasteiger partial charge on any atom is 0.243 e. The number of anilines is 2. The minimum absolute atomic E-state index is 0.261. The summed E-state index contributed by atoms with van der Waals surface area (Å²) in [7, 11) is -3.56. The number of nitrogens with zero attached hydrogens (tertiary/aromatic N) is 3. The fourth-order valence-corrected chi connectivity index (χ4v) is 5.73. The minimum atomic E-state index is -3.56. The Morgan fingerprint density at radius 3 is 2.68 bits per heavy atom. The van der Waals surface area contributed by atoms with E-state index in [0.717, 1.165) is 33.3 Å². The molecule has 0 spiro atoms. The number of benzene rings is 2. The van der Waals surface area contributed by atoms with Crippen LogP contribution in [-0.4, -0.2) is 35.8 Å². The van der Waals surface area contributed by atoms with E-state index in [2.05, 4.69) is 21.4 Å². The van der Waals surface area contributed by atoms with Crippen LogP contribution in [0.5, 0.6) is 0 Å². The zero-order valence-corrected chi connectivity index (χ0v) is 19.4. The molecule has 1 aliphatic rings. The highest BCUT2D eigenvalue weighted by Gasteiger charge is 2.27. The molecule has 2 aromatic heterocycles. The largest absolute Gasteiger partial charge is 0.361 e. The van der Waals surface area contributed by atoms with E-state index in [4.69, 9.17) is 0 Å². The second-order valence-electron chi connectivity index (χ2n) is 8.18. The van der Waals surface area contributed by atoms with Crippen molar-refractivity contribution >= 4 is 37.9 Å². The zero-order valence-electron chi connectivity index (χ0n) is 18.6. The Labute approximate surface area is 198 Å². The van der Waals surface area contributed by atoms with Gasteiger partial charge in [0.2, 0.25) is 10.0 Å². The number of aromatic nitrogens is 2. The summed E-state index contributed by atoms with van der Waals surface area (Å²) in [5.41, 5.74) is 5.92. The SMILES string of the molecule is Cc1c(Nc2c(C#N)cncc2C2=CCN(S(=O)(=O)c3ccccc3)CC2)ccc2[nH]ccc12. The van der Waals surface area contributed by atoms with Gasteiger partial charge in [0.25, 0.3) is 0 Å². The number of fused-ring (bicyclic) bond motifs is 1. The van der Waals surface area contributed by atoms with Crippen LogP contribution in [0.1, 0.15) is 23.1 Å². The first-order valence-electron chi connectivity index (χ1n) is 11.0. The summed E-state index contributed by atoms with van der Waals surface area (Å²) in [6, 6.07) is 16.7. The third-order valence-electron chi connectivity index (χ3n) is 6.23. The lowest BCUT2D eigenvalue weighted by Crippen LogP contribution is -2.34. The van der Waals surface area contributed by atoms with Gasteiger partial charge in [-0.25, -0.2) is 8.42 Å². The summed E-state index contributed by atoms with van der Waals surface area (Å²) in [5.74, 6) is 0. The van der Waals surface area contributed by atoms with Gasteiger partial charge in [0.15, 0.2) is 0 Å². The lowest BCUT2D eigenvalue weighted by atomic mass is 9.98. The van der Waals surface area contributed by atoms with Crippen LogP contribution in [0.3, 0.4) is 0 Å². The molecule has 34 heavy (non-hydrogen) atoms. The molecule has 4 aromatic rings. The molecule has 0 atom stereocenters. The van der Waals surface area contributed by atoms with E-state index in [1.165, 1.54) is 4.31 Å². The topological polar surface area (TPSA) is 102 Å². The summed E-state index contributed by atoms with van der Waals surface area (Å²) < 4.78 is 27.5. The second kappa shape index (κ2) is 8.78. The highest BCUT2D eigenvalue weighted by Crippen LogP contribution is 2.35. The predicted molar refractivity (Wildman–Crippen MR) is 133 cm³/mol. The van der Waals surface area contributed by atoms with Crippen LogP contribution >= 0.6 is 0 Å². The third kappa shape index (κ3) is 3.85. The molecular weight excluding hydrogens is 446 g/mol. The first kappa shape index (κ1) is 21.9. The van der Waals surface area contributed by atoms with Gasteiger partial charge in [-0.15, -0.1) is 0 Å². The fourth-order valence-electron chi connectivity index (χ4n) is 4.33. The summed E-state index contributed by atoms with van der Waals surface area (Å²) in [5, 5.41) is 14.3. The van der Waals surface area contributed by atoms with Gasteiger partial charge in [-0.05, 0) is 54.8 Å². The summed E-state index contributed by atoms with van der Waals surface area (Å²) in [4.78, 5) is 7.77. The Hall–Kier alpha value is -3.93. The maximum absolute atomic E-state index is 13.0. The lowest BCUT2D eigenvalue weighted by Gasteiger charge is -2.27. The number of pyridine rings is 1. The molecule has 8 heteroatoms. The third-order valence-corrected chi connectivity index (χ3v) is 8.11. The first-order valence-corrected chi connectivity index (χ1v) is 12.4. The van der Waals surface area contributed by atoms with Crippen molar-refractivity contribution in [3.05, 3.63) is 89.9 Å². The second-order valence-corrected chi connectivity index (χ2v) is 10.1. The monoisotopic (exact) mass is 469 g/mol. The van der Waals surface area contributed by atoms with Gasteiger partial charge >= 0.3 is 0 Å². The van der Waals surface area contributed by atoms with E-state index in [9.17, 15) is 13.7 Å². The lowest BCUT2D eigenvalue weighted by molar-refractivity contribution is 0.441. The normalized spacial score (nSPS) is 14.5. The minimum Gasteiger partial charge on any atom is -0.361 e. The van der Waals surface area contributed by atoms with Crippen molar-refractivity contribution in [3.63, 3.8) is 0 Å². The van der Waals surface area contributed by atoms with Crippen molar-refractivity contribution in [1.29, 1.82) is 5.26 Å². The van der Waals surface area contributed by atoms with E-state index < -0.39 is 10.0 Å². The van der Waals surface area contributed by atoms with Gasteiger partial charge in [-0.1, -0.05) is 24.3 Å². The van der Waals surface area contributed by atoms with Crippen molar-refractivity contribution in [1.82, 2.24) is 14.3 Å². The number of rotatable bonds is 5. The Morgan fingerprint density at radius 2 is 1.94 bits per heavy atom.